The number of anilines is 1. The van der Waals surface area contributed by atoms with Crippen molar-refractivity contribution in [1.82, 2.24) is 0 Å². The summed E-state index contributed by atoms with van der Waals surface area (Å²) in [5.74, 6) is -0.0796. The van der Waals surface area contributed by atoms with Crippen molar-refractivity contribution in [2.24, 2.45) is 0 Å². The highest BCUT2D eigenvalue weighted by molar-refractivity contribution is 9.10. The summed E-state index contributed by atoms with van der Waals surface area (Å²) < 4.78 is 30.8. The first-order chi connectivity index (χ1) is 7.44. The lowest BCUT2D eigenvalue weighted by molar-refractivity contribution is 0.217. The standard InChI is InChI=1S/C9H11BrClNO3S/c1-15-4-5-16(13,14)12-7-2-3-9(11)8(10)6-7/h2-3,6,12H,4-5H2,1H3. The molecule has 0 saturated heterocycles. The van der Waals surface area contributed by atoms with Crippen LogP contribution in [0.1, 0.15) is 0 Å². The highest BCUT2D eigenvalue weighted by atomic mass is 79.9. The Kier molecular flexibility index (Phi) is 5.04. The Labute approximate surface area is 108 Å². The van der Waals surface area contributed by atoms with Crippen LogP contribution >= 0.6 is 27.5 Å². The lowest BCUT2D eigenvalue weighted by Crippen LogP contribution is -2.19. The summed E-state index contributed by atoms with van der Waals surface area (Å²) in [5.41, 5.74) is 0.465. The highest BCUT2D eigenvalue weighted by Gasteiger charge is 2.10. The average molecular weight is 329 g/mol. The molecule has 0 aliphatic carbocycles. The molecule has 0 saturated carbocycles. The molecule has 0 aliphatic heterocycles. The number of nitrogens with one attached hydrogen (secondary N) is 1. The molecule has 0 bridgehead atoms. The zero-order valence-electron chi connectivity index (χ0n) is 8.54. The van der Waals surface area contributed by atoms with Gasteiger partial charge in [-0.15, -0.1) is 0 Å². The second-order valence-electron chi connectivity index (χ2n) is 3.04. The van der Waals surface area contributed by atoms with Gasteiger partial charge in [-0.05, 0) is 34.1 Å². The molecule has 4 nitrogen and oxygen atoms in total. The number of ether oxygens (including phenoxy) is 1. The summed E-state index contributed by atoms with van der Waals surface area (Å²) in [6.07, 6.45) is 0. The van der Waals surface area contributed by atoms with Crippen LogP contribution in [0.2, 0.25) is 5.02 Å². The molecular weight excluding hydrogens is 318 g/mol. The van der Waals surface area contributed by atoms with E-state index in [1.54, 1.807) is 18.2 Å². The van der Waals surface area contributed by atoms with E-state index in [1.807, 2.05) is 0 Å². The normalized spacial score (nSPS) is 11.4. The van der Waals surface area contributed by atoms with Gasteiger partial charge in [0.25, 0.3) is 0 Å². The molecule has 0 amide bonds. The maximum atomic E-state index is 11.5. The van der Waals surface area contributed by atoms with Gasteiger partial charge in [-0.25, -0.2) is 8.42 Å². The van der Waals surface area contributed by atoms with Gasteiger partial charge in [-0.1, -0.05) is 11.6 Å². The Balaban J connectivity index is 2.76. The number of methoxy groups -OCH3 is 1. The van der Waals surface area contributed by atoms with E-state index in [1.165, 1.54) is 7.11 Å². The minimum atomic E-state index is -3.37. The Morgan fingerprint density at radius 1 is 1.50 bits per heavy atom. The molecule has 0 aromatic heterocycles. The van der Waals surface area contributed by atoms with Gasteiger partial charge >= 0.3 is 0 Å². The lowest BCUT2D eigenvalue weighted by atomic mass is 10.3. The summed E-state index contributed by atoms with van der Waals surface area (Å²) in [5, 5.41) is 0.528. The van der Waals surface area contributed by atoms with E-state index in [2.05, 4.69) is 20.7 Å². The second kappa shape index (κ2) is 5.86. The Morgan fingerprint density at radius 3 is 2.75 bits per heavy atom. The van der Waals surface area contributed by atoms with Crippen LogP contribution < -0.4 is 4.72 Å². The Morgan fingerprint density at radius 2 is 2.19 bits per heavy atom. The van der Waals surface area contributed by atoms with E-state index in [4.69, 9.17) is 16.3 Å². The summed E-state index contributed by atoms with van der Waals surface area (Å²) in [6.45, 7) is 0.157. The topological polar surface area (TPSA) is 55.4 Å². The lowest BCUT2D eigenvalue weighted by Gasteiger charge is -2.08. The largest absolute Gasteiger partial charge is 0.384 e. The first-order valence-electron chi connectivity index (χ1n) is 4.39. The van der Waals surface area contributed by atoms with Crippen molar-refractivity contribution < 1.29 is 13.2 Å². The summed E-state index contributed by atoms with van der Waals surface area (Å²) in [7, 11) is -1.91. The average Bonchev–Trinajstić information content (AvgIpc) is 2.20. The molecule has 0 fully saturated rings. The van der Waals surface area contributed by atoms with Crippen LogP contribution in [0.25, 0.3) is 0 Å². The highest BCUT2D eigenvalue weighted by Crippen LogP contribution is 2.25. The number of hydrogen-bond donors (Lipinski definition) is 1. The summed E-state index contributed by atoms with van der Waals surface area (Å²) in [4.78, 5) is 0. The molecule has 90 valence electrons. The van der Waals surface area contributed by atoms with Crippen LogP contribution in [0.5, 0.6) is 0 Å². The SMILES string of the molecule is COCCS(=O)(=O)Nc1ccc(Cl)c(Br)c1. The fraction of sp³-hybridized carbons (Fsp3) is 0.333. The smallest absolute Gasteiger partial charge is 0.234 e. The fourth-order valence-electron chi connectivity index (χ4n) is 0.983. The predicted molar refractivity (Wildman–Crippen MR) is 68.4 cm³/mol. The fourth-order valence-corrected chi connectivity index (χ4v) is 2.45. The van der Waals surface area contributed by atoms with Gasteiger partial charge in [-0.2, -0.15) is 0 Å². The number of sulfonamides is 1. The maximum Gasteiger partial charge on any atom is 0.234 e. The molecule has 7 heteroatoms. The molecule has 1 aromatic carbocycles. The van der Waals surface area contributed by atoms with Gasteiger partial charge in [0.15, 0.2) is 0 Å². The van der Waals surface area contributed by atoms with E-state index in [-0.39, 0.29) is 12.4 Å². The van der Waals surface area contributed by atoms with Crippen molar-refractivity contribution >= 4 is 43.2 Å². The molecule has 0 atom stereocenters. The second-order valence-corrected chi connectivity index (χ2v) is 6.15. The minimum Gasteiger partial charge on any atom is -0.384 e. The van der Waals surface area contributed by atoms with Crippen LogP contribution in [-0.4, -0.2) is 27.9 Å². The third-order valence-corrected chi connectivity index (χ3v) is 4.21. The number of benzene rings is 1. The van der Waals surface area contributed by atoms with E-state index in [0.717, 1.165) is 0 Å². The molecule has 0 unspecified atom stereocenters. The minimum absolute atomic E-state index is 0.0796. The molecule has 1 N–H and O–H groups in total. The van der Waals surface area contributed by atoms with Crippen LogP contribution in [0, 0.1) is 0 Å². The van der Waals surface area contributed by atoms with E-state index >= 15 is 0 Å². The first kappa shape index (κ1) is 13.8. The van der Waals surface area contributed by atoms with E-state index < -0.39 is 10.0 Å². The number of halogens is 2. The zero-order chi connectivity index (χ0) is 12.2. The van der Waals surface area contributed by atoms with E-state index in [9.17, 15) is 8.42 Å². The molecule has 0 radical (unpaired) electrons. The molecule has 0 heterocycles. The quantitative estimate of drug-likeness (QED) is 0.903. The predicted octanol–water partition coefficient (Wildman–Crippen LogP) is 2.49. The van der Waals surface area contributed by atoms with Gasteiger partial charge in [0, 0.05) is 17.3 Å². The van der Waals surface area contributed by atoms with Crippen LogP contribution in [0.3, 0.4) is 0 Å². The van der Waals surface area contributed by atoms with Crippen molar-refractivity contribution in [1.29, 1.82) is 0 Å². The first-order valence-corrected chi connectivity index (χ1v) is 7.21. The molecule has 1 rings (SSSR count). The van der Waals surface area contributed by atoms with E-state index in [0.29, 0.717) is 15.2 Å². The molecule has 16 heavy (non-hydrogen) atoms. The number of rotatable bonds is 5. The third kappa shape index (κ3) is 4.29. The van der Waals surface area contributed by atoms with Gasteiger partial charge in [0.05, 0.1) is 17.4 Å². The monoisotopic (exact) mass is 327 g/mol. The van der Waals surface area contributed by atoms with Crippen molar-refractivity contribution in [3.63, 3.8) is 0 Å². The van der Waals surface area contributed by atoms with Crippen molar-refractivity contribution in [3.8, 4) is 0 Å². The van der Waals surface area contributed by atoms with Crippen LogP contribution in [-0.2, 0) is 14.8 Å². The van der Waals surface area contributed by atoms with Gasteiger partial charge < -0.3 is 4.74 Å². The maximum absolute atomic E-state index is 11.5. The third-order valence-electron chi connectivity index (χ3n) is 1.75. The van der Waals surface area contributed by atoms with Crippen molar-refractivity contribution in [2.45, 2.75) is 0 Å². The Bertz CT molecular complexity index is 464. The van der Waals surface area contributed by atoms with Crippen LogP contribution in [0.15, 0.2) is 22.7 Å². The van der Waals surface area contributed by atoms with Gasteiger partial charge in [-0.3, -0.25) is 4.72 Å². The van der Waals surface area contributed by atoms with Gasteiger partial charge in [0.2, 0.25) is 10.0 Å². The molecule has 0 spiro atoms. The number of hydrogen-bond acceptors (Lipinski definition) is 3. The van der Waals surface area contributed by atoms with Crippen LogP contribution in [0.4, 0.5) is 5.69 Å². The molecule has 1 aromatic rings. The van der Waals surface area contributed by atoms with Gasteiger partial charge in [0.1, 0.15) is 0 Å². The molecule has 0 aliphatic rings. The Hall–Kier alpha value is -0.300. The van der Waals surface area contributed by atoms with Crippen molar-refractivity contribution in [2.75, 3.05) is 24.2 Å². The summed E-state index contributed by atoms with van der Waals surface area (Å²) in [6, 6.07) is 4.81. The zero-order valence-corrected chi connectivity index (χ0v) is 11.7. The summed E-state index contributed by atoms with van der Waals surface area (Å²) >= 11 is 9.01. The molecular formula is C9H11BrClNO3S. The van der Waals surface area contributed by atoms with Crippen molar-refractivity contribution in [3.05, 3.63) is 27.7 Å².